The lowest BCUT2D eigenvalue weighted by molar-refractivity contribution is -0.142. The van der Waals surface area contributed by atoms with E-state index in [9.17, 15) is 14.7 Å². The molecule has 0 saturated heterocycles. The number of rotatable bonds is 2. The van der Waals surface area contributed by atoms with Crippen LogP contribution in [0.15, 0.2) is 45.7 Å². The Kier molecular flexibility index (Phi) is 3.55. The van der Waals surface area contributed by atoms with Crippen molar-refractivity contribution in [2.45, 2.75) is 19.0 Å². The van der Waals surface area contributed by atoms with Crippen LogP contribution >= 0.6 is 15.9 Å². The number of fused-ring (bicyclic) bond motifs is 1. The SMILES string of the molecule is O=C(O)[C@@H]1Cc2ccccc2CN1C(=O)c1coc(Br)c1. The molecule has 2 aromatic rings. The summed E-state index contributed by atoms with van der Waals surface area (Å²) < 4.78 is 5.50. The number of hydrogen-bond donors (Lipinski definition) is 1. The number of carbonyl (C=O) groups is 2. The quantitative estimate of drug-likeness (QED) is 0.904. The number of halogens is 1. The molecule has 0 spiro atoms. The van der Waals surface area contributed by atoms with Crippen molar-refractivity contribution < 1.29 is 19.1 Å². The first kappa shape index (κ1) is 13.9. The molecule has 2 heterocycles. The van der Waals surface area contributed by atoms with Crippen LogP contribution in [0.1, 0.15) is 21.5 Å². The maximum Gasteiger partial charge on any atom is 0.326 e. The zero-order valence-electron chi connectivity index (χ0n) is 11.0. The number of nitrogens with zero attached hydrogens (tertiary/aromatic N) is 1. The van der Waals surface area contributed by atoms with Crippen LogP contribution in [0.3, 0.4) is 0 Å². The van der Waals surface area contributed by atoms with E-state index in [4.69, 9.17) is 4.42 Å². The van der Waals surface area contributed by atoms with Gasteiger partial charge in [-0.05, 0) is 27.1 Å². The molecule has 108 valence electrons. The molecule has 5 nitrogen and oxygen atoms in total. The highest BCUT2D eigenvalue weighted by molar-refractivity contribution is 9.10. The fourth-order valence-corrected chi connectivity index (χ4v) is 2.89. The van der Waals surface area contributed by atoms with Crippen molar-refractivity contribution in [1.29, 1.82) is 0 Å². The lowest BCUT2D eigenvalue weighted by Gasteiger charge is -2.34. The normalized spacial score (nSPS) is 17.4. The highest BCUT2D eigenvalue weighted by Crippen LogP contribution is 2.26. The topological polar surface area (TPSA) is 70.8 Å². The lowest BCUT2D eigenvalue weighted by Crippen LogP contribution is -2.48. The summed E-state index contributed by atoms with van der Waals surface area (Å²) in [5.41, 5.74) is 2.29. The van der Waals surface area contributed by atoms with Gasteiger partial charge in [0.15, 0.2) is 4.67 Å². The van der Waals surface area contributed by atoms with E-state index in [-0.39, 0.29) is 12.5 Å². The molecule has 0 saturated carbocycles. The molecular weight excluding hydrogens is 338 g/mol. The van der Waals surface area contributed by atoms with Gasteiger partial charge in [-0.1, -0.05) is 24.3 Å². The van der Waals surface area contributed by atoms with E-state index >= 15 is 0 Å². The Morgan fingerprint density at radius 3 is 2.62 bits per heavy atom. The molecule has 1 N–H and O–H groups in total. The van der Waals surface area contributed by atoms with Gasteiger partial charge < -0.3 is 14.4 Å². The van der Waals surface area contributed by atoms with Crippen molar-refractivity contribution in [3.05, 3.63) is 58.0 Å². The number of carboxylic acid groups (broad SMARTS) is 1. The summed E-state index contributed by atoms with van der Waals surface area (Å²) in [4.78, 5) is 25.4. The van der Waals surface area contributed by atoms with Crippen LogP contribution in [0.5, 0.6) is 0 Å². The molecule has 1 atom stereocenters. The Labute approximate surface area is 129 Å². The average Bonchev–Trinajstić information content (AvgIpc) is 2.91. The number of benzene rings is 1. The fraction of sp³-hybridized carbons (Fsp3) is 0.200. The fourth-order valence-electron chi connectivity index (χ4n) is 2.55. The Balaban J connectivity index is 1.96. The van der Waals surface area contributed by atoms with Crippen LogP contribution in [-0.4, -0.2) is 27.9 Å². The Bertz CT molecular complexity index is 709. The summed E-state index contributed by atoms with van der Waals surface area (Å²) in [5.74, 6) is -1.34. The van der Waals surface area contributed by atoms with E-state index in [0.717, 1.165) is 11.1 Å². The van der Waals surface area contributed by atoms with E-state index in [0.29, 0.717) is 16.7 Å². The number of furan rings is 1. The Morgan fingerprint density at radius 2 is 2.00 bits per heavy atom. The van der Waals surface area contributed by atoms with E-state index in [1.54, 1.807) is 6.07 Å². The first-order chi connectivity index (χ1) is 10.1. The summed E-state index contributed by atoms with van der Waals surface area (Å²) >= 11 is 3.14. The second-order valence-corrected chi connectivity index (χ2v) is 5.68. The van der Waals surface area contributed by atoms with E-state index < -0.39 is 12.0 Å². The third-order valence-electron chi connectivity index (χ3n) is 3.61. The maximum absolute atomic E-state index is 12.5. The predicted molar refractivity (Wildman–Crippen MR) is 77.9 cm³/mol. The molecule has 1 aromatic heterocycles. The monoisotopic (exact) mass is 349 g/mol. The van der Waals surface area contributed by atoms with Gasteiger partial charge in [-0.25, -0.2) is 4.79 Å². The summed E-state index contributed by atoms with van der Waals surface area (Å²) in [6, 6.07) is 8.27. The Morgan fingerprint density at radius 1 is 1.29 bits per heavy atom. The molecular formula is C15H12BrNO4. The molecule has 0 fully saturated rings. The van der Waals surface area contributed by atoms with Crippen molar-refractivity contribution in [3.63, 3.8) is 0 Å². The van der Waals surface area contributed by atoms with Crippen molar-refractivity contribution in [2.24, 2.45) is 0 Å². The number of aliphatic carboxylic acids is 1. The van der Waals surface area contributed by atoms with Crippen molar-refractivity contribution in [1.82, 2.24) is 4.90 Å². The minimum Gasteiger partial charge on any atom is -0.480 e. The maximum atomic E-state index is 12.5. The Hall–Kier alpha value is -2.08. The third kappa shape index (κ3) is 2.58. The van der Waals surface area contributed by atoms with Crippen LogP contribution in [-0.2, 0) is 17.8 Å². The number of hydrogen-bond acceptors (Lipinski definition) is 3. The molecule has 0 bridgehead atoms. The standard InChI is InChI=1S/C15H12BrNO4/c16-13-6-11(8-21-13)14(18)17-7-10-4-2-1-3-9(10)5-12(17)15(19)20/h1-4,6,8,12H,5,7H2,(H,19,20)/t12-/m0/s1. The zero-order valence-corrected chi connectivity index (χ0v) is 12.5. The lowest BCUT2D eigenvalue weighted by atomic mass is 9.93. The third-order valence-corrected chi connectivity index (χ3v) is 4.02. The second-order valence-electron chi connectivity index (χ2n) is 4.90. The van der Waals surface area contributed by atoms with Crippen LogP contribution in [0.4, 0.5) is 0 Å². The van der Waals surface area contributed by atoms with Gasteiger partial charge >= 0.3 is 5.97 Å². The van der Waals surface area contributed by atoms with E-state index in [1.807, 2.05) is 24.3 Å². The minimum atomic E-state index is -1.000. The molecule has 0 aliphatic carbocycles. The average molecular weight is 350 g/mol. The van der Waals surface area contributed by atoms with Crippen LogP contribution in [0, 0.1) is 0 Å². The highest BCUT2D eigenvalue weighted by atomic mass is 79.9. The molecule has 1 aromatic carbocycles. The van der Waals surface area contributed by atoms with Gasteiger partial charge in [0.2, 0.25) is 0 Å². The van der Waals surface area contributed by atoms with Gasteiger partial charge in [0.05, 0.1) is 5.56 Å². The van der Waals surface area contributed by atoms with E-state index in [1.165, 1.54) is 11.2 Å². The van der Waals surface area contributed by atoms with Gasteiger partial charge in [0.1, 0.15) is 12.3 Å². The van der Waals surface area contributed by atoms with Gasteiger partial charge in [-0.15, -0.1) is 0 Å². The van der Waals surface area contributed by atoms with Gasteiger partial charge in [-0.2, -0.15) is 0 Å². The molecule has 0 radical (unpaired) electrons. The molecule has 1 aliphatic heterocycles. The predicted octanol–water partition coefficient (Wildman–Crippen LogP) is 2.69. The van der Waals surface area contributed by atoms with Crippen molar-refractivity contribution in [2.75, 3.05) is 0 Å². The van der Waals surface area contributed by atoms with Crippen molar-refractivity contribution >= 4 is 27.8 Å². The summed E-state index contributed by atoms with van der Waals surface area (Å²) in [5, 5.41) is 9.41. The van der Waals surface area contributed by atoms with Crippen LogP contribution in [0.2, 0.25) is 0 Å². The molecule has 3 rings (SSSR count). The van der Waals surface area contributed by atoms with Gasteiger partial charge in [0.25, 0.3) is 5.91 Å². The molecule has 1 aliphatic rings. The van der Waals surface area contributed by atoms with Crippen LogP contribution < -0.4 is 0 Å². The van der Waals surface area contributed by atoms with E-state index in [2.05, 4.69) is 15.9 Å². The second kappa shape index (κ2) is 5.37. The zero-order chi connectivity index (χ0) is 15.0. The summed E-state index contributed by atoms with van der Waals surface area (Å²) in [6.07, 6.45) is 1.64. The molecule has 0 unspecified atom stereocenters. The van der Waals surface area contributed by atoms with Crippen molar-refractivity contribution in [3.8, 4) is 0 Å². The first-order valence-electron chi connectivity index (χ1n) is 6.41. The number of carboxylic acids is 1. The first-order valence-corrected chi connectivity index (χ1v) is 7.20. The smallest absolute Gasteiger partial charge is 0.326 e. The number of amides is 1. The summed E-state index contributed by atoms with van der Waals surface area (Å²) in [7, 11) is 0. The minimum absolute atomic E-state index is 0.286. The molecule has 6 heteroatoms. The molecule has 1 amide bonds. The van der Waals surface area contributed by atoms with Gasteiger partial charge in [-0.3, -0.25) is 4.79 Å². The highest BCUT2D eigenvalue weighted by Gasteiger charge is 2.35. The summed E-state index contributed by atoms with van der Waals surface area (Å²) in [6.45, 7) is 0.286. The van der Waals surface area contributed by atoms with Crippen LogP contribution in [0.25, 0.3) is 0 Å². The molecule has 21 heavy (non-hydrogen) atoms. The number of carbonyl (C=O) groups excluding carboxylic acids is 1. The largest absolute Gasteiger partial charge is 0.480 e. The van der Waals surface area contributed by atoms with Gasteiger partial charge in [0, 0.05) is 19.0 Å².